The molecule has 0 amide bonds. The molecule has 0 radical (unpaired) electrons. The standard InChI is InChI=1S/C10H11ClO4/c1-5-6(3-2-4-7(5)11)8(12)9(13)10(14)15/h2-4,8-9,12-13H,1H3,(H,14,15). The van der Waals surface area contributed by atoms with Crippen LogP contribution in [0.25, 0.3) is 0 Å². The molecule has 0 aliphatic heterocycles. The van der Waals surface area contributed by atoms with Crippen molar-refractivity contribution in [2.45, 2.75) is 19.1 Å². The lowest BCUT2D eigenvalue weighted by Crippen LogP contribution is -2.27. The SMILES string of the molecule is Cc1c(Cl)cccc1C(O)C(O)C(=O)O. The van der Waals surface area contributed by atoms with Crippen LogP contribution in [-0.4, -0.2) is 27.4 Å². The van der Waals surface area contributed by atoms with Crippen LogP contribution >= 0.6 is 11.6 Å². The monoisotopic (exact) mass is 230 g/mol. The molecule has 3 N–H and O–H groups in total. The number of hydrogen-bond acceptors (Lipinski definition) is 3. The van der Waals surface area contributed by atoms with Crippen LogP contribution in [0.4, 0.5) is 0 Å². The highest BCUT2D eigenvalue weighted by Crippen LogP contribution is 2.26. The Balaban J connectivity index is 3.06. The molecule has 1 aromatic carbocycles. The summed E-state index contributed by atoms with van der Waals surface area (Å²) < 4.78 is 0. The number of hydrogen-bond donors (Lipinski definition) is 3. The number of carbonyl (C=O) groups is 1. The molecule has 15 heavy (non-hydrogen) atoms. The maximum absolute atomic E-state index is 10.5. The van der Waals surface area contributed by atoms with E-state index in [1.165, 1.54) is 6.07 Å². The molecule has 0 aliphatic carbocycles. The van der Waals surface area contributed by atoms with E-state index in [0.29, 0.717) is 16.1 Å². The van der Waals surface area contributed by atoms with E-state index in [9.17, 15) is 15.0 Å². The number of aliphatic hydroxyl groups excluding tert-OH is 2. The minimum absolute atomic E-state index is 0.317. The maximum Gasteiger partial charge on any atom is 0.335 e. The molecule has 0 saturated heterocycles. The Hall–Kier alpha value is -1.10. The summed E-state index contributed by atoms with van der Waals surface area (Å²) in [5, 5.41) is 27.7. The normalized spacial score (nSPS) is 14.7. The van der Waals surface area contributed by atoms with E-state index in [2.05, 4.69) is 0 Å². The number of carboxylic acid groups (broad SMARTS) is 1. The molecule has 2 unspecified atom stereocenters. The van der Waals surface area contributed by atoms with Gasteiger partial charge in [-0.25, -0.2) is 4.79 Å². The van der Waals surface area contributed by atoms with E-state index in [0.717, 1.165) is 0 Å². The fraction of sp³-hybridized carbons (Fsp3) is 0.300. The van der Waals surface area contributed by atoms with Gasteiger partial charge in [0.2, 0.25) is 0 Å². The Bertz CT molecular complexity index is 378. The second-order valence-electron chi connectivity index (χ2n) is 3.18. The average molecular weight is 231 g/mol. The van der Waals surface area contributed by atoms with Crippen LogP contribution in [-0.2, 0) is 4.79 Å². The van der Waals surface area contributed by atoms with Gasteiger partial charge in [-0.05, 0) is 24.1 Å². The molecule has 0 fully saturated rings. The van der Waals surface area contributed by atoms with Crippen LogP contribution in [0, 0.1) is 6.92 Å². The second kappa shape index (κ2) is 4.61. The minimum Gasteiger partial charge on any atom is -0.479 e. The van der Waals surface area contributed by atoms with Gasteiger partial charge in [-0.2, -0.15) is 0 Å². The average Bonchev–Trinajstić information content (AvgIpc) is 2.20. The predicted molar refractivity (Wildman–Crippen MR) is 54.8 cm³/mol. The first-order valence-corrected chi connectivity index (χ1v) is 4.67. The molecular formula is C10H11ClO4. The zero-order valence-electron chi connectivity index (χ0n) is 8.01. The molecule has 0 bridgehead atoms. The van der Waals surface area contributed by atoms with Crippen LogP contribution < -0.4 is 0 Å². The third kappa shape index (κ3) is 2.47. The zero-order valence-corrected chi connectivity index (χ0v) is 8.77. The molecule has 0 spiro atoms. The van der Waals surface area contributed by atoms with Gasteiger partial charge in [0.15, 0.2) is 6.10 Å². The number of aliphatic hydroxyl groups is 2. The number of rotatable bonds is 3. The van der Waals surface area contributed by atoms with Crippen LogP contribution in [0.3, 0.4) is 0 Å². The van der Waals surface area contributed by atoms with Gasteiger partial charge in [-0.3, -0.25) is 0 Å². The Kier molecular flexibility index (Phi) is 3.68. The van der Waals surface area contributed by atoms with Crippen molar-refractivity contribution in [3.05, 3.63) is 34.3 Å². The highest BCUT2D eigenvalue weighted by molar-refractivity contribution is 6.31. The van der Waals surface area contributed by atoms with Crippen molar-refractivity contribution in [1.82, 2.24) is 0 Å². The molecule has 1 rings (SSSR count). The van der Waals surface area contributed by atoms with Crippen molar-refractivity contribution in [3.63, 3.8) is 0 Å². The molecule has 1 aromatic rings. The maximum atomic E-state index is 10.5. The van der Waals surface area contributed by atoms with Crippen molar-refractivity contribution in [2.75, 3.05) is 0 Å². The molecular weight excluding hydrogens is 220 g/mol. The number of aliphatic carboxylic acids is 1. The Labute approximate surface area is 91.7 Å². The van der Waals surface area contributed by atoms with Crippen molar-refractivity contribution in [3.8, 4) is 0 Å². The molecule has 2 atom stereocenters. The van der Waals surface area contributed by atoms with Crippen molar-refractivity contribution in [1.29, 1.82) is 0 Å². The summed E-state index contributed by atoms with van der Waals surface area (Å²) in [6.07, 6.45) is -3.32. The molecule has 0 heterocycles. The van der Waals surface area contributed by atoms with Crippen LogP contribution in [0.15, 0.2) is 18.2 Å². The van der Waals surface area contributed by atoms with Gasteiger partial charge in [-0.1, -0.05) is 23.7 Å². The third-order valence-electron chi connectivity index (χ3n) is 2.18. The Morgan fingerprint density at radius 2 is 2.00 bits per heavy atom. The summed E-state index contributed by atoms with van der Waals surface area (Å²) in [6.45, 7) is 1.65. The lowest BCUT2D eigenvalue weighted by atomic mass is 9.99. The van der Waals surface area contributed by atoms with Crippen molar-refractivity contribution >= 4 is 17.6 Å². The number of halogens is 1. The van der Waals surface area contributed by atoms with Crippen molar-refractivity contribution < 1.29 is 20.1 Å². The molecule has 0 saturated carbocycles. The van der Waals surface area contributed by atoms with E-state index in [4.69, 9.17) is 16.7 Å². The lowest BCUT2D eigenvalue weighted by molar-refractivity contribution is -0.153. The van der Waals surface area contributed by atoms with E-state index in [1.807, 2.05) is 0 Å². The first-order valence-electron chi connectivity index (χ1n) is 4.29. The molecule has 5 heteroatoms. The largest absolute Gasteiger partial charge is 0.479 e. The summed E-state index contributed by atoms with van der Waals surface area (Å²) in [5.41, 5.74) is 0.879. The van der Waals surface area contributed by atoms with Gasteiger partial charge in [0.25, 0.3) is 0 Å². The first-order chi connectivity index (χ1) is 6.95. The lowest BCUT2D eigenvalue weighted by Gasteiger charge is -2.17. The fourth-order valence-electron chi connectivity index (χ4n) is 1.25. The molecule has 0 aromatic heterocycles. The van der Waals surface area contributed by atoms with E-state index in [-0.39, 0.29) is 0 Å². The smallest absolute Gasteiger partial charge is 0.335 e. The molecule has 0 aliphatic rings. The van der Waals surface area contributed by atoms with Gasteiger partial charge in [0.05, 0.1) is 0 Å². The zero-order chi connectivity index (χ0) is 11.6. The highest BCUT2D eigenvalue weighted by Gasteiger charge is 2.26. The van der Waals surface area contributed by atoms with Gasteiger partial charge >= 0.3 is 5.97 Å². The number of carboxylic acids is 1. The highest BCUT2D eigenvalue weighted by atomic mass is 35.5. The summed E-state index contributed by atoms with van der Waals surface area (Å²) >= 11 is 5.80. The van der Waals surface area contributed by atoms with Gasteiger partial charge < -0.3 is 15.3 Å². The summed E-state index contributed by atoms with van der Waals surface area (Å²) in [7, 11) is 0. The first kappa shape index (κ1) is 12.0. The van der Waals surface area contributed by atoms with Crippen LogP contribution in [0.1, 0.15) is 17.2 Å². The quantitative estimate of drug-likeness (QED) is 0.727. The molecule has 82 valence electrons. The third-order valence-corrected chi connectivity index (χ3v) is 2.59. The van der Waals surface area contributed by atoms with Gasteiger partial charge in [-0.15, -0.1) is 0 Å². The van der Waals surface area contributed by atoms with Gasteiger partial charge in [0, 0.05) is 5.02 Å². The summed E-state index contributed by atoms with van der Waals surface area (Å²) in [4.78, 5) is 10.5. The van der Waals surface area contributed by atoms with Crippen LogP contribution in [0.5, 0.6) is 0 Å². The van der Waals surface area contributed by atoms with Gasteiger partial charge in [0.1, 0.15) is 6.10 Å². The second-order valence-corrected chi connectivity index (χ2v) is 3.59. The molecule has 4 nitrogen and oxygen atoms in total. The minimum atomic E-state index is -1.85. The fourth-order valence-corrected chi connectivity index (χ4v) is 1.43. The van der Waals surface area contributed by atoms with E-state index >= 15 is 0 Å². The Morgan fingerprint density at radius 1 is 1.40 bits per heavy atom. The predicted octanol–water partition coefficient (Wildman–Crippen LogP) is 1.13. The van der Waals surface area contributed by atoms with Crippen molar-refractivity contribution in [2.24, 2.45) is 0 Å². The van der Waals surface area contributed by atoms with Crippen LogP contribution in [0.2, 0.25) is 5.02 Å². The Morgan fingerprint density at radius 3 is 2.53 bits per heavy atom. The number of benzene rings is 1. The topological polar surface area (TPSA) is 77.8 Å². The summed E-state index contributed by atoms with van der Waals surface area (Å²) in [6, 6.07) is 4.74. The summed E-state index contributed by atoms with van der Waals surface area (Å²) in [5.74, 6) is -1.47. The van der Waals surface area contributed by atoms with E-state index < -0.39 is 18.2 Å². The van der Waals surface area contributed by atoms with E-state index in [1.54, 1.807) is 19.1 Å².